The van der Waals surface area contributed by atoms with Crippen LogP contribution in [0.15, 0.2) is 42.5 Å². The summed E-state index contributed by atoms with van der Waals surface area (Å²) < 4.78 is 5.61. The number of hydrogen-bond donors (Lipinski definition) is 1. The van der Waals surface area contributed by atoms with E-state index >= 15 is 0 Å². The average molecular weight is 302 g/mol. The molecule has 0 heterocycles. The van der Waals surface area contributed by atoms with Crippen LogP contribution in [0.4, 0.5) is 5.69 Å². The molecule has 2 aromatic carbocycles. The van der Waals surface area contributed by atoms with Gasteiger partial charge in [-0.2, -0.15) is 0 Å². The Morgan fingerprint density at radius 3 is 2.76 bits per heavy atom. The van der Waals surface area contributed by atoms with Gasteiger partial charge in [0, 0.05) is 10.7 Å². The first kappa shape index (κ1) is 14.3. The number of benzene rings is 2. The van der Waals surface area contributed by atoms with Crippen LogP contribution < -0.4 is 10.1 Å². The second-order valence-electron chi connectivity index (χ2n) is 5.45. The van der Waals surface area contributed by atoms with E-state index in [1.54, 1.807) is 0 Å². The maximum Gasteiger partial charge on any atom is 0.119 e. The summed E-state index contributed by atoms with van der Waals surface area (Å²) in [4.78, 5) is 0. The second-order valence-corrected chi connectivity index (χ2v) is 5.89. The Morgan fingerprint density at radius 2 is 2.00 bits per heavy atom. The number of rotatable bonds is 5. The zero-order chi connectivity index (χ0) is 14.7. The van der Waals surface area contributed by atoms with E-state index in [1.165, 1.54) is 11.1 Å². The van der Waals surface area contributed by atoms with Gasteiger partial charge in [0.1, 0.15) is 5.75 Å². The highest BCUT2D eigenvalue weighted by atomic mass is 35.5. The van der Waals surface area contributed by atoms with Crippen molar-refractivity contribution in [2.24, 2.45) is 0 Å². The molecular weight excluding hydrogens is 282 g/mol. The number of hydrogen-bond acceptors (Lipinski definition) is 2. The normalized spacial score (nSPS) is 16.6. The molecule has 2 nitrogen and oxygen atoms in total. The monoisotopic (exact) mass is 301 g/mol. The van der Waals surface area contributed by atoms with Crippen molar-refractivity contribution in [1.82, 2.24) is 0 Å². The molecule has 110 valence electrons. The van der Waals surface area contributed by atoms with Crippen molar-refractivity contribution in [3.8, 4) is 5.75 Å². The number of anilines is 1. The second kappa shape index (κ2) is 6.40. The average Bonchev–Trinajstić information content (AvgIpc) is 2.88. The van der Waals surface area contributed by atoms with E-state index in [1.807, 2.05) is 18.2 Å². The number of nitrogens with one attached hydrogen (secondary N) is 1. The van der Waals surface area contributed by atoms with Gasteiger partial charge >= 0.3 is 0 Å². The minimum Gasteiger partial charge on any atom is -0.494 e. The fourth-order valence-corrected chi connectivity index (χ4v) is 3.00. The molecule has 1 aliphatic carbocycles. The van der Waals surface area contributed by atoms with Gasteiger partial charge in [-0.3, -0.25) is 0 Å². The predicted octanol–water partition coefficient (Wildman–Crippen LogP) is 5.23. The third-order valence-electron chi connectivity index (χ3n) is 3.85. The van der Waals surface area contributed by atoms with Gasteiger partial charge in [0.05, 0.1) is 12.6 Å². The Kier molecular flexibility index (Phi) is 4.35. The quantitative estimate of drug-likeness (QED) is 0.816. The van der Waals surface area contributed by atoms with E-state index < -0.39 is 0 Å². The molecule has 3 heteroatoms. The number of ether oxygens (including phenoxy) is 1. The summed E-state index contributed by atoms with van der Waals surface area (Å²) in [6.07, 6.45) is 3.23. The van der Waals surface area contributed by atoms with Crippen LogP contribution in [0.3, 0.4) is 0 Å². The molecule has 0 amide bonds. The molecule has 21 heavy (non-hydrogen) atoms. The van der Waals surface area contributed by atoms with Gasteiger partial charge in [0.2, 0.25) is 0 Å². The molecule has 0 saturated heterocycles. The zero-order valence-electron chi connectivity index (χ0n) is 12.2. The minimum atomic E-state index is 0.375. The molecule has 1 N–H and O–H groups in total. The lowest BCUT2D eigenvalue weighted by Crippen LogP contribution is -2.07. The molecule has 0 aromatic heterocycles. The highest BCUT2D eigenvalue weighted by molar-refractivity contribution is 6.30. The Morgan fingerprint density at radius 1 is 1.19 bits per heavy atom. The van der Waals surface area contributed by atoms with Crippen LogP contribution in [0.5, 0.6) is 5.75 Å². The van der Waals surface area contributed by atoms with Crippen LogP contribution in [-0.2, 0) is 6.42 Å². The highest BCUT2D eigenvalue weighted by Gasteiger charge is 2.22. The SMILES string of the molecule is CCCOc1ccc(NC2CCc3cc(Cl)ccc32)cc1. The van der Waals surface area contributed by atoms with E-state index in [9.17, 15) is 0 Å². The lowest BCUT2D eigenvalue weighted by atomic mass is 10.1. The van der Waals surface area contributed by atoms with E-state index in [0.717, 1.165) is 42.3 Å². The van der Waals surface area contributed by atoms with Crippen LogP contribution in [0.2, 0.25) is 5.02 Å². The molecule has 0 spiro atoms. The summed E-state index contributed by atoms with van der Waals surface area (Å²) in [6, 6.07) is 14.8. The van der Waals surface area contributed by atoms with Gasteiger partial charge in [-0.25, -0.2) is 0 Å². The van der Waals surface area contributed by atoms with Crippen molar-refractivity contribution >= 4 is 17.3 Å². The van der Waals surface area contributed by atoms with Crippen LogP contribution in [0.25, 0.3) is 0 Å². The van der Waals surface area contributed by atoms with Crippen molar-refractivity contribution in [2.75, 3.05) is 11.9 Å². The van der Waals surface area contributed by atoms with Gasteiger partial charge < -0.3 is 10.1 Å². The summed E-state index contributed by atoms with van der Waals surface area (Å²) in [5.74, 6) is 0.931. The van der Waals surface area contributed by atoms with Crippen molar-refractivity contribution < 1.29 is 4.74 Å². The number of fused-ring (bicyclic) bond motifs is 1. The summed E-state index contributed by atoms with van der Waals surface area (Å²) in [5.41, 5.74) is 3.86. The first-order valence-corrected chi connectivity index (χ1v) is 7.92. The molecule has 0 aliphatic heterocycles. The first-order chi connectivity index (χ1) is 10.3. The van der Waals surface area contributed by atoms with E-state index in [2.05, 4.69) is 36.5 Å². The lowest BCUT2D eigenvalue weighted by molar-refractivity contribution is 0.317. The van der Waals surface area contributed by atoms with Crippen molar-refractivity contribution in [3.05, 3.63) is 58.6 Å². The molecule has 1 aliphatic rings. The van der Waals surface area contributed by atoms with E-state index in [0.29, 0.717) is 6.04 Å². The summed E-state index contributed by atoms with van der Waals surface area (Å²) >= 11 is 6.06. The first-order valence-electron chi connectivity index (χ1n) is 7.54. The molecular formula is C18H20ClNO. The maximum absolute atomic E-state index is 6.06. The third kappa shape index (κ3) is 3.33. The standard InChI is InChI=1S/C18H20ClNO/c1-2-11-21-16-7-5-15(6-8-16)20-18-10-3-13-12-14(19)4-9-17(13)18/h4-9,12,18,20H,2-3,10-11H2,1H3. The maximum atomic E-state index is 6.06. The molecule has 0 fully saturated rings. The zero-order valence-corrected chi connectivity index (χ0v) is 13.0. The van der Waals surface area contributed by atoms with Gasteiger partial charge in [0.25, 0.3) is 0 Å². The third-order valence-corrected chi connectivity index (χ3v) is 4.09. The van der Waals surface area contributed by atoms with Crippen molar-refractivity contribution in [2.45, 2.75) is 32.2 Å². The summed E-state index contributed by atoms with van der Waals surface area (Å²) in [5, 5.41) is 4.43. The molecule has 1 atom stereocenters. The fourth-order valence-electron chi connectivity index (χ4n) is 2.80. The smallest absolute Gasteiger partial charge is 0.119 e. The highest BCUT2D eigenvalue weighted by Crippen LogP contribution is 2.35. The van der Waals surface area contributed by atoms with Gasteiger partial charge in [0.15, 0.2) is 0 Å². The van der Waals surface area contributed by atoms with E-state index in [-0.39, 0.29) is 0 Å². The minimum absolute atomic E-state index is 0.375. The Bertz CT molecular complexity index is 609. The van der Waals surface area contributed by atoms with Crippen molar-refractivity contribution in [1.29, 1.82) is 0 Å². The number of aryl methyl sites for hydroxylation is 1. The van der Waals surface area contributed by atoms with Gasteiger partial charge in [-0.05, 0) is 66.8 Å². The lowest BCUT2D eigenvalue weighted by Gasteiger charge is -2.16. The topological polar surface area (TPSA) is 21.3 Å². The molecule has 2 aromatic rings. The van der Waals surface area contributed by atoms with E-state index in [4.69, 9.17) is 16.3 Å². The molecule has 3 rings (SSSR count). The molecule has 0 saturated carbocycles. The van der Waals surface area contributed by atoms with Gasteiger partial charge in [-0.15, -0.1) is 0 Å². The van der Waals surface area contributed by atoms with Crippen molar-refractivity contribution in [3.63, 3.8) is 0 Å². The molecule has 1 unspecified atom stereocenters. The Hall–Kier alpha value is -1.67. The molecule has 0 radical (unpaired) electrons. The predicted molar refractivity (Wildman–Crippen MR) is 88.4 cm³/mol. The van der Waals surface area contributed by atoms with Crippen LogP contribution >= 0.6 is 11.6 Å². The van der Waals surface area contributed by atoms with Crippen LogP contribution in [-0.4, -0.2) is 6.61 Å². The van der Waals surface area contributed by atoms with Gasteiger partial charge in [-0.1, -0.05) is 24.6 Å². The Labute approximate surface area is 131 Å². The largest absolute Gasteiger partial charge is 0.494 e. The summed E-state index contributed by atoms with van der Waals surface area (Å²) in [7, 11) is 0. The van der Waals surface area contributed by atoms with Crippen LogP contribution in [0.1, 0.15) is 36.9 Å². The fraction of sp³-hybridized carbons (Fsp3) is 0.333. The van der Waals surface area contributed by atoms with Crippen LogP contribution in [0, 0.1) is 0 Å². The molecule has 0 bridgehead atoms. The Balaban J connectivity index is 1.68. The summed E-state index contributed by atoms with van der Waals surface area (Å²) in [6.45, 7) is 2.88. The number of halogens is 1.